The van der Waals surface area contributed by atoms with Crippen LogP contribution in [0.3, 0.4) is 0 Å². The molecular formula is C21H31N3O4S2. The Balaban J connectivity index is 2.31. The Hall–Kier alpha value is -1.55. The number of piperidine rings is 1. The first-order chi connectivity index (χ1) is 14.5. The molecule has 1 heterocycles. The molecule has 0 bridgehead atoms. The largest absolute Gasteiger partial charge is 0.467 e. The first-order valence-electron chi connectivity index (χ1n) is 10.1. The Morgan fingerprint density at radius 3 is 2.50 bits per heavy atom. The van der Waals surface area contributed by atoms with E-state index in [1.807, 2.05) is 12.3 Å². The van der Waals surface area contributed by atoms with Crippen LogP contribution in [0.1, 0.15) is 29.6 Å². The minimum absolute atomic E-state index is 0.0193. The van der Waals surface area contributed by atoms with Gasteiger partial charge in [-0.1, -0.05) is 18.2 Å². The molecule has 7 nitrogen and oxygen atoms in total. The van der Waals surface area contributed by atoms with Gasteiger partial charge in [0.05, 0.1) is 13.2 Å². The molecule has 0 unspecified atom stereocenters. The topological polar surface area (TPSA) is 87.7 Å². The number of amides is 1. The lowest BCUT2D eigenvalue weighted by molar-refractivity contribution is -0.148. The van der Waals surface area contributed by atoms with E-state index in [0.29, 0.717) is 17.7 Å². The monoisotopic (exact) mass is 453 g/mol. The first-order valence-corrected chi connectivity index (χ1v) is 12.1. The molecule has 2 N–H and O–H groups in total. The van der Waals surface area contributed by atoms with Gasteiger partial charge < -0.3 is 10.1 Å². The van der Waals surface area contributed by atoms with Gasteiger partial charge in [0.1, 0.15) is 6.04 Å². The molecule has 1 aromatic rings. The van der Waals surface area contributed by atoms with E-state index in [0.717, 1.165) is 25.9 Å². The van der Waals surface area contributed by atoms with Crippen LogP contribution in [0.25, 0.3) is 0 Å². The summed E-state index contributed by atoms with van der Waals surface area (Å²) in [6.07, 6.45) is 3.84. The molecule has 1 aliphatic rings. The maximum atomic E-state index is 13.3. The van der Waals surface area contributed by atoms with Crippen molar-refractivity contribution in [2.24, 2.45) is 5.92 Å². The summed E-state index contributed by atoms with van der Waals surface area (Å²) in [5.74, 6) is -0.0887. The SMILES string of the molecule is COC(=O)[C@H](CCSC)N(N[C@@H](CS)C(=O)C1CCNCC1)C(=O)c1ccccc1. The number of nitrogens with zero attached hydrogens (tertiary/aromatic N) is 1. The summed E-state index contributed by atoms with van der Waals surface area (Å²) in [7, 11) is 1.30. The number of ketones is 1. The fourth-order valence-corrected chi connectivity index (χ4v) is 4.20. The van der Waals surface area contributed by atoms with Crippen molar-refractivity contribution >= 4 is 42.1 Å². The number of Topliss-reactive ketones (excluding diaryl/α,β-unsaturated/α-hetero) is 1. The van der Waals surface area contributed by atoms with Crippen molar-refractivity contribution < 1.29 is 19.1 Å². The summed E-state index contributed by atoms with van der Waals surface area (Å²) in [6, 6.07) is 7.18. The lowest BCUT2D eigenvalue weighted by Crippen LogP contribution is -2.59. The molecule has 2 atom stereocenters. The molecule has 0 aromatic heterocycles. The highest BCUT2D eigenvalue weighted by atomic mass is 32.2. The number of hydrogen-bond acceptors (Lipinski definition) is 8. The van der Waals surface area contributed by atoms with E-state index in [-0.39, 0.29) is 23.4 Å². The van der Waals surface area contributed by atoms with Gasteiger partial charge in [-0.05, 0) is 56.5 Å². The summed E-state index contributed by atoms with van der Waals surface area (Å²) in [6.45, 7) is 1.59. The lowest BCUT2D eigenvalue weighted by atomic mass is 9.90. The number of nitrogens with one attached hydrogen (secondary N) is 2. The van der Waals surface area contributed by atoms with Crippen LogP contribution in [0.4, 0.5) is 0 Å². The molecule has 1 saturated heterocycles. The Labute approximate surface area is 188 Å². The number of rotatable bonds is 11. The van der Waals surface area contributed by atoms with Gasteiger partial charge in [0.2, 0.25) is 0 Å². The maximum absolute atomic E-state index is 13.3. The summed E-state index contributed by atoms with van der Waals surface area (Å²) in [5, 5.41) is 4.53. The predicted octanol–water partition coefficient (Wildman–Crippen LogP) is 1.80. The minimum atomic E-state index is -0.849. The van der Waals surface area contributed by atoms with Gasteiger partial charge in [0, 0.05) is 17.2 Å². The number of methoxy groups -OCH3 is 1. The Morgan fingerprint density at radius 1 is 1.27 bits per heavy atom. The average Bonchev–Trinajstić information content (AvgIpc) is 2.81. The summed E-state index contributed by atoms with van der Waals surface area (Å²) in [4.78, 5) is 39.0. The quantitative estimate of drug-likeness (QED) is 0.267. The summed E-state index contributed by atoms with van der Waals surface area (Å²) < 4.78 is 4.97. The second kappa shape index (κ2) is 13.0. The van der Waals surface area contributed by atoms with Gasteiger partial charge in [0.15, 0.2) is 5.78 Å². The Morgan fingerprint density at radius 2 is 1.93 bits per heavy atom. The van der Waals surface area contributed by atoms with Gasteiger partial charge in [-0.15, -0.1) is 0 Å². The standard InChI is InChI=1S/C21H31N3O4S2/c1-28-21(27)18(10-13-30-2)24(20(26)16-6-4-3-5-7-16)23-17(14-29)19(25)15-8-11-22-12-9-15/h3-7,15,17-18,22-23,29H,8-14H2,1-2H3/t17-,18-/m0/s1. The van der Waals surface area contributed by atoms with Crippen molar-refractivity contribution in [3.8, 4) is 0 Å². The van der Waals surface area contributed by atoms with E-state index in [1.54, 1.807) is 36.0 Å². The molecular weight excluding hydrogens is 422 g/mol. The number of benzene rings is 1. The molecule has 30 heavy (non-hydrogen) atoms. The normalized spacial score (nSPS) is 16.5. The second-order valence-electron chi connectivity index (χ2n) is 7.15. The van der Waals surface area contributed by atoms with E-state index in [9.17, 15) is 14.4 Å². The van der Waals surface area contributed by atoms with E-state index >= 15 is 0 Å². The van der Waals surface area contributed by atoms with Crippen LogP contribution in [-0.2, 0) is 14.3 Å². The number of hydrazine groups is 1. The molecule has 1 aliphatic heterocycles. The van der Waals surface area contributed by atoms with Crippen molar-refractivity contribution in [3.63, 3.8) is 0 Å². The molecule has 0 radical (unpaired) electrons. The van der Waals surface area contributed by atoms with Crippen molar-refractivity contribution in [1.29, 1.82) is 0 Å². The van der Waals surface area contributed by atoms with Gasteiger partial charge in [-0.25, -0.2) is 10.2 Å². The van der Waals surface area contributed by atoms with Crippen LogP contribution in [0, 0.1) is 5.92 Å². The zero-order valence-electron chi connectivity index (χ0n) is 17.5. The highest BCUT2D eigenvalue weighted by Crippen LogP contribution is 2.18. The molecule has 1 fully saturated rings. The number of carbonyl (C=O) groups excluding carboxylic acids is 3. The lowest BCUT2D eigenvalue weighted by Gasteiger charge is -2.34. The first kappa shape index (κ1) is 24.7. The molecule has 9 heteroatoms. The highest BCUT2D eigenvalue weighted by Gasteiger charge is 2.36. The number of thiol groups is 1. The number of ether oxygens (including phenoxy) is 1. The van der Waals surface area contributed by atoms with Gasteiger partial charge in [0.25, 0.3) is 5.91 Å². The van der Waals surface area contributed by atoms with Crippen LogP contribution in [0.15, 0.2) is 30.3 Å². The smallest absolute Gasteiger partial charge is 0.330 e. The summed E-state index contributed by atoms with van der Waals surface area (Å²) >= 11 is 5.94. The summed E-state index contributed by atoms with van der Waals surface area (Å²) in [5.41, 5.74) is 3.48. The highest BCUT2D eigenvalue weighted by molar-refractivity contribution is 7.98. The van der Waals surface area contributed by atoms with E-state index in [4.69, 9.17) is 4.74 Å². The van der Waals surface area contributed by atoms with Gasteiger partial charge in [-0.2, -0.15) is 24.4 Å². The number of esters is 1. The number of thioether (sulfide) groups is 1. The zero-order chi connectivity index (χ0) is 21.9. The fourth-order valence-electron chi connectivity index (χ4n) is 3.48. The van der Waals surface area contributed by atoms with E-state index in [1.165, 1.54) is 12.1 Å². The number of carbonyl (C=O) groups is 3. The molecule has 0 spiro atoms. The molecule has 1 amide bonds. The van der Waals surface area contributed by atoms with Crippen LogP contribution in [-0.4, -0.2) is 72.7 Å². The molecule has 1 aromatic carbocycles. The van der Waals surface area contributed by atoms with Crippen molar-refractivity contribution in [3.05, 3.63) is 35.9 Å². The second-order valence-corrected chi connectivity index (χ2v) is 8.50. The van der Waals surface area contributed by atoms with Crippen LogP contribution in [0.2, 0.25) is 0 Å². The van der Waals surface area contributed by atoms with E-state index < -0.39 is 18.1 Å². The third kappa shape index (κ3) is 6.73. The molecule has 0 aliphatic carbocycles. The van der Waals surface area contributed by atoms with Crippen molar-refractivity contribution in [2.75, 3.05) is 38.0 Å². The molecule has 166 valence electrons. The van der Waals surface area contributed by atoms with Gasteiger partial charge >= 0.3 is 5.97 Å². The Kier molecular flexibility index (Phi) is 10.7. The van der Waals surface area contributed by atoms with Crippen molar-refractivity contribution in [1.82, 2.24) is 15.8 Å². The third-order valence-corrected chi connectivity index (χ3v) is 6.19. The molecule has 0 saturated carbocycles. The van der Waals surface area contributed by atoms with Gasteiger partial charge in [-0.3, -0.25) is 14.6 Å². The number of hydrogen-bond donors (Lipinski definition) is 3. The van der Waals surface area contributed by atoms with E-state index in [2.05, 4.69) is 23.4 Å². The molecule has 2 rings (SSSR count). The van der Waals surface area contributed by atoms with Crippen LogP contribution < -0.4 is 10.7 Å². The Bertz CT molecular complexity index is 699. The van der Waals surface area contributed by atoms with Crippen molar-refractivity contribution in [2.45, 2.75) is 31.3 Å². The fraction of sp³-hybridized carbons (Fsp3) is 0.571. The van der Waals surface area contributed by atoms with Crippen LogP contribution in [0.5, 0.6) is 0 Å². The average molecular weight is 454 g/mol. The zero-order valence-corrected chi connectivity index (χ0v) is 19.2. The maximum Gasteiger partial charge on any atom is 0.330 e. The van der Waals surface area contributed by atoms with Crippen LogP contribution >= 0.6 is 24.4 Å². The predicted molar refractivity (Wildman–Crippen MR) is 123 cm³/mol. The third-order valence-electron chi connectivity index (χ3n) is 5.18. The minimum Gasteiger partial charge on any atom is -0.467 e.